The van der Waals surface area contributed by atoms with E-state index in [0.29, 0.717) is 19.3 Å². The van der Waals surface area contributed by atoms with E-state index in [2.05, 4.69) is 5.32 Å². The van der Waals surface area contributed by atoms with Gasteiger partial charge in [0, 0.05) is 19.7 Å². The zero-order chi connectivity index (χ0) is 18.9. The van der Waals surface area contributed by atoms with E-state index in [1.54, 1.807) is 0 Å². The third-order valence-electron chi connectivity index (χ3n) is 5.50. The Balaban J connectivity index is 1.71. The molecule has 10 heteroatoms. The molecule has 2 saturated heterocycles. The number of urea groups is 1. The minimum absolute atomic E-state index is 0.0423. The Kier molecular flexibility index (Phi) is 5.25. The molecule has 26 heavy (non-hydrogen) atoms. The zero-order valence-corrected chi connectivity index (χ0v) is 15.7. The molecule has 2 aliphatic heterocycles. The number of nitrogens with zero attached hydrogens (tertiary/aromatic N) is 2. The molecule has 2 heterocycles. The number of rotatable bonds is 6. The SMILES string of the molecule is COCCN(C(=O)CN1C(=O)NC2(CCCC2)C1=O)[C@@H]1CCS(=O)(=O)C1. The van der Waals surface area contributed by atoms with E-state index in [0.717, 1.165) is 17.7 Å². The normalized spacial score (nSPS) is 26.5. The Bertz CT molecular complexity index is 701. The van der Waals surface area contributed by atoms with E-state index in [1.165, 1.54) is 12.0 Å². The van der Waals surface area contributed by atoms with Crippen molar-refractivity contribution in [1.82, 2.24) is 15.1 Å². The number of ether oxygens (including phenoxy) is 1. The summed E-state index contributed by atoms with van der Waals surface area (Å²) in [6, 6.07) is -0.986. The Labute approximate surface area is 152 Å². The number of carbonyl (C=O) groups is 3. The Morgan fingerprint density at radius 2 is 2.04 bits per heavy atom. The molecule has 4 amide bonds. The molecule has 0 aromatic heterocycles. The average molecular weight is 387 g/mol. The molecular weight excluding hydrogens is 362 g/mol. The van der Waals surface area contributed by atoms with Crippen molar-refractivity contribution in [2.45, 2.75) is 43.7 Å². The van der Waals surface area contributed by atoms with Gasteiger partial charge < -0.3 is 15.0 Å². The van der Waals surface area contributed by atoms with Crippen LogP contribution in [0.25, 0.3) is 0 Å². The maximum absolute atomic E-state index is 12.8. The fourth-order valence-electron chi connectivity index (χ4n) is 4.09. The van der Waals surface area contributed by atoms with E-state index >= 15 is 0 Å². The van der Waals surface area contributed by atoms with Crippen LogP contribution in [0.5, 0.6) is 0 Å². The van der Waals surface area contributed by atoms with Crippen LogP contribution in [-0.2, 0) is 24.2 Å². The van der Waals surface area contributed by atoms with Crippen LogP contribution in [0.4, 0.5) is 4.79 Å². The number of carbonyl (C=O) groups excluding carboxylic acids is 3. The van der Waals surface area contributed by atoms with E-state index in [9.17, 15) is 22.8 Å². The predicted molar refractivity (Wildman–Crippen MR) is 92.1 cm³/mol. The maximum atomic E-state index is 12.8. The van der Waals surface area contributed by atoms with Gasteiger partial charge in [-0.3, -0.25) is 14.5 Å². The third-order valence-corrected chi connectivity index (χ3v) is 7.25. The van der Waals surface area contributed by atoms with Crippen molar-refractivity contribution in [2.75, 3.05) is 38.3 Å². The molecule has 3 aliphatic rings. The number of methoxy groups -OCH3 is 1. The van der Waals surface area contributed by atoms with Crippen molar-refractivity contribution in [1.29, 1.82) is 0 Å². The van der Waals surface area contributed by atoms with Gasteiger partial charge >= 0.3 is 6.03 Å². The monoisotopic (exact) mass is 387 g/mol. The molecule has 1 aliphatic carbocycles. The van der Waals surface area contributed by atoms with Crippen molar-refractivity contribution in [3.8, 4) is 0 Å². The van der Waals surface area contributed by atoms with Crippen molar-refractivity contribution in [2.24, 2.45) is 0 Å². The second-order valence-corrected chi connectivity index (χ2v) is 9.48. The Morgan fingerprint density at radius 3 is 2.62 bits per heavy atom. The largest absolute Gasteiger partial charge is 0.383 e. The van der Waals surface area contributed by atoms with Crippen LogP contribution >= 0.6 is 0 Å². The highest BCUT2D eigenvalue weighted by Gasteiger charge is 2.53. The molecule has 0 aromatic rings. The molecule has 0 aromatic carbocycles. The fourth-order valence-corrected chi connectivity index (χ4v) is 5.82. The first-order chi connectivity index (χ1) is 12.3. The van der Waals surface area contributed by atoms with Gasteiger partial charge in [-0.25, -0.2) is 13.2 Å². The lowest BCUT2D eigenvalue weighted by atomic mass is 9.98. The summed E-state index contributed by atoms with van der Waals surface area (Å²) in [6.45, 7) is 0.114. The van der Waals surface area contributed by atoms with Gasteiger partial charge in [-0.15, -0.1) is 0 Å². The smallest absolute Gasteiger partial charge is 0.325 e. The maximum Gasteiger partial charge on any atom is 0.325 e. The van der Waals surface area contributed by atoms with Crippen LogP contribution in [0.3, 0.4) is 0 Å². The van der Waals surface area contributed by atoms with Crippen LogP contribution < -0.4 is 5.32 Å². The van der Waals surface area contributed by atoms with Gasteiger partial charge in [0.1, 0.15) is 12.1 Å². The molecule has 1 spiro atoms. The van der Waals surface area contributed by atoms with Gasteiger partial charge in [-0.2, -0.15) is 0 Å². The number of nitrogens with one attached hydrogen (secondary N) is 1. The van der Waals surface area contributed by atoms with Gasteiger partial charge in [-0.1, -0.05) is 12.8 Å². The number of amides is 4. The van der Waals surface area contributed by atoms with Gasteiger partial charge in [-0.05, 0) is 19.3 Å². The summed E-state index contributed by atoms with van der Waals surface area (Å²) >= 11 is 0. The van der Waals surface area contributed by atoms with Crippen LogP contribution in [0.2, 0.25) is 0 Å². The highest BCUT2D eigenvalue weighted by molar-refractivity contribution is 7.91. The van der Waals surface area contributed by atoms with Crippen molar-refractivity contribution in [3.05, 3.63) is 0 Å². The summed E-state index contributed by atoms with van der Waals surface area (Å²) in [4.78, 5) is 40.1. The molecule has 146 valence electrons. The summed E-state index contributed by atoms with van der Waals surface area (Å²) in [5.41, 5.74) is -0.856. The first kappa shape index (κ1) is 19.1. The van der Waals surface area contributed by atoms with Crippen molar-refractivity contribution in [3.63, 3.8) is 0 Å². The molecule has 0 radical (unpaired) electrons. The highest BCUT2D eigenvalue weighted by Crippen LogP contribution is 2.35. The van der Waals surface area contributed by atoms with Gasteiger partial charge in [0.25, 0.3) is 5.91 Å². The van der Waals surface area contributed by atoms with E-state index in [-0.39, 0.29) is 37.1 Å². The predicted octanol–water partition coefficient (Wildman–Crippen LogP) is -0.487. The highest BCUT2D eigenvalue weighted by atomic mass is 32.2. The van der Waals surface area contributed by atoms with Crippen LogP contribution in [0.1, 0.15) is 32.1 Å². The number of imide groups is 1. The zero-order valence-electron chi connectivity index (χ0n) is 14.9. The molecule has 1 N–H and O–H groups in total. The summed E-state index contributed by atoms with van der Waals surface area (Å²) in [7, 11) is -1.67. The summed E-state index contributed by atoms with van der Waals surface area (Å²) < 4.78 is 28.5. The summed E-state index contributed by atoms with van der Waals surface area (Å²) in [5, 5.41) is 2.75. The Morgan fingerprint density at radius 1 is 1.35 bits per heavy atom. The molecule has 0 unspecified atom stereocenters. The summed E-state index contributed by atoms with van der Waals surface area (Å²) in [6.07, 6.45) is 3.29. The molecule has 3 rings (SSSR count). The molecule has 0 bridgehead atoms. The lowest BCUT2D eigenvalue weighted by Gasteiger charge is -2.29. The lowest BCUT2D eigenvalue weighted by Crippen LogP contribution is -2.49. The minimum atomic E-state index is -3.16. The average Bonchev–Trinajstić information content (AvgIpc) is 3.24. The topological polar surface area (TPSA) is 113 Å². The van der Waals surface area contributed by atoms with Crippen LogP contribution in [-0.4, -0.2) is 86.0 Å². The van der Waals surface area contributed by atoms with E-state index < -0.39 is 33.4 Å². The second-order valence-electron chi connectivity index (χ2n) is 7.25. The number of hydrogen-bond donors (Lipinski definition) is 1. The second kappa shape index (κ2) is 7.15. The molecule has 1 atom stereocenters. The van der Waals surface area contributed by atoms with Gasteiger partial charge in [0.2, 0.25) is 5.91 Å². The van der Waals surface area contributed by atoms with E-state index in [4.69, 9.17) is 4.74 Å². The van der Waals surface area contributed by atoms with Crippen molar-refractivity contribution < 1.29 is 27.5 Å². The minimum Gasteiger partial charge on any atom is -0.383 e. The lowest BCUT2D eigenvalue weighted by molar-refractivity contribution is -0.140. The number of sulfone groups is 1. The van der Waals surface area contributed by atoms with Crippen LogP contribution in [0.15, 0.2) is 0 Å². The number of hydrogen-bond acceptors (Lipinski definition) is 6. The standard InChI is InChI=1S/C16H25N3O6S/c1-25-8-7-18(12-4-9-26(23,24)11-12)13(20)10-19-14(21)16(17-15(19)22)5-2-3-6-16/h12H,2-11H2,1H3,(H,17,22)/t12-/m1/s1. The summed E-state index contributed by atoms with van der Waals surface area (Å²) in [5.74, 6) is -0.825. The van der Waals surface area contributed by atoms with E-state index in [1.807, 2.05) is 0 Å². The quantitative estimate of drug-likeness (QED) is 0.616. The molecule has 3 fully saturated rings. The fraction of sp³-hybridized carbons (Fsp3) is 0.812. The first-order valence-corrected chi connectivity index (χ1v) is 10.7. The Hall–Kier alpha value is -1.68. The molecule has 9 nitrogen and oxygen atoms in total. The third kappa shape index (κ3) is 3.57. The molecular formula is C16H25N3O6S. The van der Waals surface area contributed by atoms with Gasteiger partial charge in [0.05, 0.1) is 18.1 Å². The van der Waals surface area contributed by atoms with Gasteiger partial charge in [0.15, 0.2) is 9.84 Å². The first-order valence-electron chi connectivity index (χ1n) is 8.91. The van der Waals surface area contributed by atoms with Crippen LogP contribution in [0, 0.1) is 0 Å². The molecule has 1 saturated carbocycles. The van der Waals surface area contributed by atoms with Crippen molar-refractivity contribution >= 4 is 27.7 Å².